The lowest BCUT2D eigenvalue weighted by molar-refractivity contribution is -0.149. The van der Waals surface area contributed by atoms with Gasteiger partial charge < -0.3 is 10.0 Å². The summed E-state index contributed by atoms with van der Waals surface area (Å²) in [6.45, 7) is 0. The summed E-state index contributed by atoms with van der Waals surface area (Å²) in [5.41, 5.74) is 0.904. The second-order valence-electron chi connectivity index (χ2n) is 5.28. The lowest BCUT2D eigenvalue weighted by atomic mass is 10.0. The van der Waals surface area contributed by atoms with E-state index in [9.17, 15) is 14.7 Å². The number of aliphatic carboxylic acids is 1. The number of benzene rings is 1. The minimum absolute atomic E-state index is 0.155. The van der Waals surface area contributed by atoms with Gasteiger partial charge in [0, 0.05) is 34.6 Å². The van der Waals surface area contributed by atoms with Gasteiger partial charge in [-0.2, -0.15) is 0 Å². The van der Waals surface area contributed by atoms with Gasteiger partial charge in [-0.05, 0) is 34.0 Å². The Balaban J connectivity index is 1.97. The molecule has 0 aliphatic carbocycles. The standard InChI is InChI=1S/C17H18BrNO3S/c1-19(16(20)8-7-14-10-13(18)11-23-14)15(17(21)22)9-12-5-3-2-4-6-12/h2-6,10-11,15H,7-9H2,1H3,(H,21,22). The number of hydrogen-bond acceptors (Lipinski definition) is 3. The van der Waals surface area contributed by atoms with Crippen LogP contribution in [0.3, 0.4) is 0 Å². The molecule has 0 fully saturated rings. The van der Waals surface area contributed by atoms with E-state index in [1.807, 2.05) is 41.8 Å². The first-order valence-corrected chi connectivity index (χ1v) is 8.90. The van der Waals surface area contributed by atoms with Gasteiger partial charge in [-0.15, -0.1) is 11.3 Å². The third-order valence-corrected chi connectivity index (χ3v) is 5.38. The molecule has 23 heavy (non-hydrogen) atoms. The summed E-state index contributed by atoms with van der Waals surface area (Å²) in [5.74, 6) is -1.14. The van der Waals surface area contributed by atoms with Crippen LogP contribution in [0.25, 0.3) is 0 Å². The molecule has 1 aromatic carbocycles. The van der Waals surface area contributed by atoms with Crippen molar-refractivity contribution in [2.24, 2.45) is 0 Å². The van der Waals surface area contributed by atoms with Crippen molar-refractivity contribution in [3.05, 3.63) is 56.7 Å². The normalized spacial score (nSPS) is 11.9. The first-order chi connectivity index (χ1) is 11.0. The van der Waals surface area contributed by atoms with E-state index in [4.69, 9.17) is 0 Å². The summed E-state index contributed by atoms with van der Waals surface area (Å²) in [4.78, 5) is 26.3. The van der Waals surface area contributed by atoms with Crippen molar-refractivity contribution in [2.75, 3.05) is 7.05 Å². The lowest BCUT2D eigenvalue weighted by Gasteiger charge is -2.25. The van der Waals surface area contributed by atoms with Gasteiger partial charge in [0.05, 0.1) is 0 Å². The summed E-state index contributed by atoms with van der Waals surface area (Å²) in [6, 6.07) is 10.5. The Morgan fingerprint density at radius 1 is 1.30 bits per heavy atom. The van der Waals surface area contributed by atoms with Crippen molar-refractivity contribution in [3.8, 4) is 0 Å². The maximum atomic E-state index is 12.3. The average molecular weight is 396 g/mol. The molecule has 1 N–H and O–H groups in total. The van der Waals surface area contributed by atoms with Gasteiger partial charge in [0.1, 0.15) is 6.04 Å². The number of amides is 1. The molecule has 4 nitrogen and oxygen atoms in total. The Kier molecular flexibility index (Phi) is 6.36. The first kappa shape index (κ1) is 17.7. The molecule has 122 valence electrons. The highest BCUT2D eigenvalue weighted by Gasteiger charge is 2.26. The smallest absolute Gasteiger partial charge is 0.326 e. The van der Waals surface area contributed by atoms with Crippen LogP contribution >= 0.6 is 27.3 Å². The fourth-order valence-corrected chi connectivity index (χ4v) is 3.75. The van der Waals surface area contributed by atoms with Crippen LogP contribution in [0.2, 0.25) is 0 Å². The fraction of sp³-hybridized carbons (Fsp3) is 0.294. The molecule has 0 bridgehead atoms. The Labute approximate surface area is 147 Å². The molecule has 1 atom stereocenters. The molecule has 1 heterocycles. The molecule has 1 aromatic heterocycles. The number of rotatable bonds is 7. The monoisotopic (exact) mass is 395 g/mol. The van der Waals surface area contributed by atoms with Gasteiger partial charge in [0.2, 0.25) is 5.91 Å². The molecule has 6 heteroatoms. The van der Waals surface area contributed by atoms with Crippen LogP contribution in [0.1, 0.15) is 16.9 Å². The van der Waals surface area contributed by atoms with Gasteiger partial charge in [0.15, 0.2) is 0 Å². The van der Waals surface area contributed by atoms with Gasteiger partial charge in [-0.1, -0.05) is 30.3 Å². The van der Waals surface area contributed by atoms with Crippen LogP contribution in [0.5, 0.6) is 0 Å². The van der Waals surface area contributed by atoms with E-state index in [2.05, 4.69) is 15.9 Å². The molecule has 1 unspecified atom stereocenters. The van der Waals surface area contributed by atoms with Gasteiger partial charge in [-0.3, -0.25) is 4.79 Å². The number of likely N-dealkylation sites (N-methyl/N-ethyl adjacent to an activating group) is 1. The minimum atomic E-state index is -0.983. The molecule has 0 aliphatic rings. The summed E-state index contributed by atoms with van der Waals surface area (Å²) in [6.07, 6.45) is 1.24. The first-order valence-electron chi connectivity index (χ1n) is 7.22. The molecule has 0 radical (unpaired) electrons. The number of hydrogen-bond donors (Lipinski definition) is 1. The summed E-state index contributed by atoms with van der Waals surface area (Å²) in [5, 5.41) is 11.4. The van der Waals surface area contributed by atoms with Crippen molar-refractivity contribution in [3.63, 3.8) is 0 Å². The summed E-state index contributed by atoms with van der Waals surface area (Å²) >= 11 is 4.97. The SMILES string of the molecule is CN(C(=O)CCc1cc(Br)cs1)C(Cc1ccccc1)C(=O)O. The fourth-order valence-electron chi connectivity index (χ4n) is 2.29. The maximum absolute atomic E-state index is 12.3. The third kappa shape index (κ3) is 5.18. The van der Waals surface area contributed by atoms with Crippen LogP contribution in [0.4, 0.5) is 0 Å². The quantitative estimate of drug-likeness (QED) is 0.778. The second kappa shape index (κ2) is 8.26. The average Bonchev–Trinajstić information content (AvgIpc) is 2.96. The van der Waals surface area contributed by atoms with Crippen molar-refractivity contribution in [2.45, 2.75) is 25.3 Å². The van der Waals surface area contributed by atoms with E-state index >= 15 is 0 Å². The van der Waals surface area contributed by atoms with Crippen LogP contribution in [-0.4, -0.2) is 35.0 Å². The number of carboxylic acid groups (broad SMARTS) is 1. The van der Waals surface area contributed by atoms with E-state index in [0.717, 1.165) is 14.9 Å². The highest BCUT2D eigenvalue weighted by Crippen LogP contribution is 2.21. The van der Waals surface area contributed by atoms with Crippen molar-refractivity contribution < 1.29 is 14.7 Å². The number of thiophene rings is 1. The number of nitrogens with zero attached hydrogens (tertiary/aromatic N) is 1. The predicted octanol–water partition coefficient (Wildman–Crippen LogP) is 3.60. The minimum Gasteiger partial charge on any atom is -0.480 e. The van der Waals surface area contributed by atoms with Gasteiger partial charge in [-0.25, -0.2) is 4.79 Å². The zero-order chi connectivity index (χ0) is 16.8. The highest BCUT2D eigenvalue weighted by atomic mass is 79.9. The number of halogens is 1. The topological polar surface area (TPSA) is 57.6 Å². The Hall–Kier alpha value is -1.66. The zero-order valence-corrected chi connectivity index (χ0v) is 15.1. The van der Waals surface area contributed by atoms with Crippen molar-refractivity contribution >= 4 is 39.1 Å². The number of carboxylic acids is 1. The van der Waals surface area contributed by atoms with E-state index in [0.29, 0.717) is 19.3 Å². The van der Waals surface area contributed by atoms with Crippen molar-refractivity contribution in [1.82, 2.24) is 4.90 Å². The molecule has 2 aromatic rings. The number of carbonyl (C=O) groups excluding carboxylic acids is 1. The highest BCUT2D eigenvalue weighted by molar-refractivity contribution is 9.10. The molecule has 0 aliphatic heterocycles. The van der Waals surface area contributed by atoms with E-state index in [1.165, 1.54) is 4.90 Å². The second-order valence-corrected chi connectivity index (χ2v) is 7.19. The maximum Gasteiger partial charge on any atom is 0.326 e. The Bertz CT molecular complexity index is 671. The molecule has 0 saturated carbocycles. The van der Waals surface area contributed by atoms with Crippen LogP contribution in [0, 0.1) is 0 Å². The molecule has 0 saturated heterocycles. The number of carbonyl (C=O) groups is 2. The Morgan fingerprint density at radius 2 is 2.00 bits per heavy atom. The van der Waals surface area contributed by atoms with Gasteiger partial charge >= 0.3 is 5.97 Å². The largest absolute Gasteiger partial charge is 0.480 e. The Morgan fingerprint density at radius 3 is 2.57 bits per heavy atom. The van der Waals surface area contributed by atoms with Crippen LogP contribution in [0.15, 0.2) is 46.3 Å². The van der Waals surface area contributed by atoms with E-state index in [-0.39, 0.29) is 5.91 Å². The zero-order valence-electron chi connectivity index (χ0n) is 12.7. The lowest BCUT2D eigenvalue weighted by Crippen LogP contribution is -2.43. The summed E-state index contributed by atoms with van der Waals surface area (Å²) < 4.78 is 1.01. The molecule has 1 amide bonds. The van der Waals surface area contributed by atoms with Gasteiger partial charge in [0.25, 0.3) is 0 Å². The van der Waals surface area contributed by atoms with Crippen LogP contribution < -0.4 is 0 Å². The predicted molar refractivity (Wildman–Crippen MR) is 94.7 cm³/mol. The third-order valence-electron chi connectivity index (χ3n) is 3.62. The van der Waals surface area contributed by atoms with Crippen molar-refractivity contribution in [1.29, 1.82) is 0 Å². The van der Waals surface area contributed by atoms with Crippen LogP contribution in [-0.2, 0) is 22.4 Å². The molecule has 2 rings (SSSR count). The molecule has 0 spiro atoms. The molecular weight excluding hydrogens is 378 g/mol. The summed E-state index contributed by atoms with van der Waals surface area (Å²) in [7, 11) is 1.56. The van der Waals surface area contributed by atoms with E-state index < -0.39 is 12.0 Å². The van der Waals surface area contributed by atoms with E-state index in [1.54, 1.807) is 18.4 Å². The molecular formula is C17H18BrNO3S. The number of aryl methyl sites for hydroxylation is 1.